The van der Waals surface area contributed by atoms with Crippen LogP contribution in [0.15, 0.2) is 58.4 Å². The van der Waals surface area contributed by atoms with Crippen molar-refractivity contribution in [2.24, 2.45) is 0 Å². The summed E-state index contributed by atoms with van der Waals surface area (Å²) >= 11 is 13.6. The SMILES string of the molecule is CN1CCC(S(=O)(=O)c2cc(Cl)c(-c3cc4cnc(Nc5ccc(C6CCCN(C)C6)cc5)nc4n(CC(=O)N4CCCC4)c3=O)c(Cl)c2)CC1. The largest absolute Gasteiger partial charge is 0.341 e. The quantitative estimate of drug-likeness (QED) is 0.238. The Kier molecular flexibility index (Phi) is 10.4. The van der Waals surface area contributed by atoms with Crippen LogP contribution in [0.3, 0.4) is 0 Å². The minimum atomic E-state index is -3.71. The van der Waals surface area contributed by atoms with Gasteiger partial charge in [-0.1, -0.05) is 35.3 Å². The van der Waals surface area contributed by atoms with Crippen LogP contribution >= 0.6 is 23.2 Å². The normalized spacial score (nSPS) is 19.5. The first-order chi connectivity index (χ1) is 24.5. The third-order valence-corrected chi connectivity index (χ3v) is 13.4. The molecule has 0 aliphatic carbocycles. The Labute approximate surface area is 308 Å². The molecule has 1 amide bonds. The van der Waals surface area contributed by atoms with Crippen LogP contribution in [-0.4, -0.2) is 102 Å². The van der Waals surface area contributed by atoms with Crippen molar-refractivity contribution in [3.8, 4) is 11.1 Å². The van der Waals surface area contributed by atoms with Gasteiger partial charge >= 0.3 is 0 Å². The number of likely N-dealkylation sites (N-methyl/N-ethyl adjacent to an activating group) is 1. The Bertz CT molecular complexity index is 2090. The molecule has 51 heavy (non-hydrogen) atoms. The Morgan fingerprint density at radius 3 is 2.25 bits per heavy atom. The van der Waals surface area contributed by atoms with Gasteiger partial charge in [-0.2, -0.15) is 4.98 Å². The molecule has 7 rings (SSSR count). The topological polar surface area (TPSA) is 121 Å². The zero-order chi connectivity index (χ0) is 35.9. The average molecular weight is 753 g/mol. The second-order valence-corrected chi connectivity index (χ2v) is 17.2. The summed E-state index contributed by atoms with van der Waals surface area (Å²) in [4.78, 5) is 43.3. The first-order valence-electron chi connectivity index (χ1n) is 17.6. The minimum Gasteiger partial charge on any atom is -0.341 e. The number of sulfone groups is 1. The molecule has 3 fully saturated rings. The second-order valence-electron chi connectivity index (χ2n) is 14.2. The molecule has 5 heterocycles. The predicted molar refractivity (Wildman–Crippen MR) is 202 cm³/mol. The summed E-state index contributed by atoms with van der Waals surface area (Å²) in [5, 5.41) is 3.28. The highest BCUT2D eigenvalue weighted by atomic mass is 35.5. The van der Waals surface area contributed by atoms with Gasteiger partial charge < -0.3 is 20.0 Å². The molecule has 3 saturated heterocycles. The van der Waals surface area contributed by atoms with E-state index in [0.29, 0.717) is 50.3 Å². The number of pyridine rings is 1. The molecule has 1 unspecified atom stereocenters. The van der Waals surface area contributed by atoms with Gasteiger partial charge in [-0.15, -0.1) is 0 Å². The van der Waals surface area contributed by atoms with Crippen LogP contribution in [0, 0.1) is 0 Å². The van der Waals surface area contributed by atoms with Crippen LogP contribution in [0.5, 0.6) is 0 Å². The van der Waals surface area contributed by atoms with Gasteiger partial charge in [0, 0.05) is 42.5 Å². The van der Waals surface area contributed by atoms with Crippen molar-refractivity contribution in [1.29, 1.82) is 0 Å². The van der Waals surface area contributed by atoms with Gasteiger partial charge in [0.1, 0.15) is 12.2 Å². The summed E-state index contributed by atoms with van der Waals surface area (Å²) in [6.07, 6.45) is 6.78. The summed E-state index contributed by atoms with van der Waals surface area (Å²) in [5.41, 5.74) is 2.18. The Hall–Kier alpha value is -3.55. The predicted octanol–water partition coefficient (Wildman–Crippen LogP) is 5.81. The molecule has 0 spiro atoms. The van der Waals surface area contributed by atoms with Crippen molar-refractivity contribution >= 4 is 61.6 Å². The van der Waals surface area contributed by atoms with Gasteiger partial charge in [-0.05, 0) is 114 Å². The van der Waals surface area contributed by atoms with E-state index in [2.05, 4.69) is 39.3 Å². The summed E-state index contributed by atoms with van der Waals surface area (Å²) < 4.78 is 28.5. The number of carbonyl (C=O) groups excluding carboxylic acids is 1. The Morgan fingerprint density at radius 1 is 0.902 bits per heavy atom. The van der Waals surface area contributed by atoms with E-state index in [4.69, 9.17) is 28.2 Å². The molecule has 1 atom stereocenters. The van der Waals surface area contributed by atoms with Crippen LogP contribution in [-0.2, 0) is 21.2 Å². The average Bonchev–Trinajstić information content (AvgIpc) is 3.66. The Balaban J connectivity index is 1.24. The number of fused-ring (bicyclic) bond motifs is 1. The number of amides is 1. The van der Waals surface area contributed by atoms with Crippen LogP contribution in [0.2, 0.25) is 10.0 Å². The molecule has 0 radical (unpaired) electrons. The molecule has 2 aromatic heterocycles. The third kappa shape index (κ3) is 7.52. The van der Waals surface area contributed by atoms with Gasteiger partial charge in [0.05, 0.1) is 25.8 Å². The number of benzene rings is 2. The maximum Gasteiger partial charge on any atom is 0.260 e. The van der Waals surface area contributed by atoms with E-state index in [9.17, 15) is 18.0 Å². The van der Waals surface area contributed by atoms with Gasteiger partial charge in [0.2, 0.25) is 11.9 Å². The number of aromatic nitrogens is 3. The number of carbonyl (C=O) groups is 1. The molecule has 4 aromatic rings. The molecule has 1 N–H and O–H groups in total. The summed E-state index contributed by atoms with van der Waals surface area (Å²) in [6.45, 7) is 4.55. The van der Waals surface area contributed by atoms with E-state index in [-0.39, 0.29) is 50.1 Å². The molecular weight excluding hydrogens is 709 g/mol. The number of hydrogen-bond donors (Lipinski definition) is 1. The standard InChI is InChI=1S/C37H43Cl2N7O4S/c1-43-16-11-28(12-17-43)51(49,50)29-19-31(38)34(32(39)20-29)30-18-26-21-40-37(41-27-9-7-24(8-10-27)25-6-5-13-44(2)22-25)42-35(26)46(36(30)48)23-33(47)45-14-3-4-15-45/h7-10,18-21,25,28H,3-6,11-17,22-23H2,1-2H3,(H,40,41,42). The highest BCUT2D eigenvalue weighted by Gasteiger charge is 2.32. The van der Waals surface area contributed by atoms with Crippen molar-refractivity contribution in [2.45, 2.75) is 61.1 Å². The lowest BCUT2D eigenvalue weighted by molar-refractivity contribution is -0.130. The van der Waals surface area contributed by atoms with Crippen molar-refractivity contribution < 1.29 is 13.2 Å². The molecule has 0 bridgehead atoms. The molecule has 0 saturated carbocycles. The lowest BCUT2D eigenvalue weighted by Crippen LogP contribution is -2.37. The van der Waals surface area contributed by atoms with Crippen LogP contribution < -0.4 is 10.9 Å². The number of nitrogens with zero attached hydrogens (tertiary/aromatic N) is 6. The fraction of sp³-hybridized carbons (Fsp3) is 0.459. The van der Waals surface area contributed by atoms with Gasteiger partial charge in [0.15, 0.2) is 9.84 Å². The number of rotatable bonds is 8. The van der Waals surface area contributed by atoms with E-state index < -0.39 is 20.6 Å². The van der Waals surface area contributed by atoms with Gasteiger partial charge in [-0.3, -0.25) is 14.2 Å². The minimum absolute atomic E-state index is 0.0271. The van der Waals surface area contributed by atoms with Crippen molar-refractivity contribution in [3.05, 3.63) is 74.6 Å². The summed E-state index contributed by atoms with van der Waals surface area (Å²) in [5.74, 6) is 0.580. The van der Waals surface area contributed by atoms with Crippen LogP contribution in [0.4, 0.5) is 11.6 Å². The van der Waals surface area contributed by atoms with Gasteiger partial charge in [0.25, 0.3) is 5.56 Å². The van der Waals surface area contributed by atoms with E-state index >= 15 is 0 Å². The molecule has 270 valence electrons. The number of nitrogens with one attached hydrogen (secondary N) is 1. The maximum atomic E-state index is 14.3. The second kappa shape index (κ2) is 14.8. The molecule has 11 nitrogen and oxygen atoms in total. The first kappa shape index (κ1) is 35.8. The monoisotopic (exact) mass is 751 g/mol. The maximum absolute atomic E-state index is 14.3. The van der Waals surface area contributed by atoms with Crippen molar-refractivity contribution in [1.82, 2.24) is 29.2 Å². The smallest absolute Gasteiger partial charge is 0.260 e. The molecule has 2 aromatic carbocycles. The number of halogens is 2. The van der Waals surface area contributed by atoms with Gasteiger partial charge in [-0.25, -0.2) is 13.4 Å². The van der Waals surface area contributed by atoms with Crippen molar-refractivity contribution in [3.63, 3.8) is 0 Å². The number of likely N-dealkylation sites (tertiary alicyclic amines) is 3. The highest BCUT2D eigenvalue weighted by Crippen LogP contribution is 2.38. The molecule has 3 aliphatic rings. The first-order valence-corrected chi connectivity index (χ1v) is 19.9. The van der Waals surface area contributed by atoms with E-state index in [1.54, 1.807) is 17.2 Å². The molecular formula is C37H43Cl2N7O4S. The highest BCUT2D eigenvalue weighted by molar-refractivity contribution is 7.92. The molecule has 3 aliphatic heterocycles. The number of piperidine rings is 2. The lowest BCUT2D eigenvalue weighted by Gasteiger charge is -2.30. The van der Waals surface area contributed by atoms with Crippen LogP contribution in [0.1, 0.15) is 50.0 Å². The van der Waals surface area contributed by atoms with Crippen molar-refractivity contribution in [2.75, 3.05) is 58.7 Å². The number of hydrogen-bond acceptors (Lipinski definition) is 9. The van der Waals surface area contributed by atoms with E-state index in [1.807, 2.05) is 19.2 Å². The number of anilines is 2. The Morgan fingerprint density at radius 2 is 1.59 bits per heavy atom. The van der Waals surface area contributed by atoms with Crippen LogP contribution in [0.25, 0.3) is 22.2 Å². The zero-order valence-electron chi connectivity index (χ0n) is 28.9. The zero-order valence-corrected chi connectivity index (χ0v) is 31.3. The van der Waals surface area contributed by atoms with E-state index in [0.717, 1.165) is 31.6 Å². The summed E-state index contributed by atoms with van der Waals surface area (Å²) in [7, 11) is 0.420. The fourth-order valence-electron chi connectivity index (χ4n) is 7.61. The third-order valence-electron chi connectivity index (χ3n) is 10.6. The lowest BCUT2D eigenvalue weighted by atomic mass is 9.91. The summed E-state index contributed by atoms with van der Waals surface area (Å²) in [6, 6.07) is 12.6. The fourth-order valence-corrected chi connectivity index (χ4v) is 10.2. The molecule has 14 heteroatoms. The van der Waals surface area contributed by atoms with E-state index in [1.165, 1.54) is 35.1 Å².